The Hall–Kier alpha value is -0.240. The van der Waals surface area contributed by atoms with Gasteiger partial charge in [-0.15, -0.1) is 11.6 Å². The third-order valence-corrected chi connectivity index (χ3v) is 2.56. The van der Waals surface area contributed by atoms with Crippen molar-refractivity contribution in [3.8, 4) is 0 Å². The van der Waals surface area contributed by atoms with E-state index in [9.17, 15) is 0 Å². The van der Waals surface area contributed by atoms with Crippen molar-refractivity contribution in [2.45, 2.75) is 12.8 Å². The first-order valence-corrected chi connectivity index (χ1v) is 5.67. The van der Waals surface area contributed by atoms with Crippen LogP contribution in [0.1, 0.15) is 18.4 Å². The maximum atomic E-state index is 5.91. The van der Waals surface area contributed by atoms with Gasteiger partial charge >= 0.3 is 0 Å². The van der Waals surface area contributed by atoms with Crippen LogP contribution in [0.25, 0.3) is 0 Å². The lowest BCUT2D eigenvalue weighted by Gasteiger charge is -2.12. The standard InChI is InChI=1S/C11H15Cl2N/c1-9(8-14-6-5-12)10-3-2-4-11(13)7-10/h2-4,7,9,14H,5-6,8H2,1H3/t9-/m0/s1. The summed E-state index contributed by atoms with van der Waals surface area (Å²) in [4.78, 5) is 0. The number of nitrogens with one attached hydrogen (secondary N) is 1. The zero-order chi connectivity index (χ0) is 10.4. The molecule has 0 spiro atoms. The molecule has 0 aromatic heterocycles. The monoisotopic (exact) mass is 231 g/mol. The zero-order valence-corrected chi connectivity index (χ0v) is 9.78. The molecule has 0 saturated heterocycles. The van der Waals surface area contributed by atoms with Gasteiger partial charge in [-0.1, -0.05) is 30.7 Å². The van der Waals surface area contributed by atoms with Crippen molar-refractivity contribution in [3.05, 3.63) is 34.9 Å². The number of hydrogen-bond donors (Lipinski definition) is 1. The summed E-state index contributed by atoms with van der Waals surface area (Å²) in [5.74, 6) is 1.12. The maximum Gasteiger partial charge on any atom is 0.0408 e. The van der Waals surface area contributed by atoms with Crippen molar-refractivity contribution >= 4 is 23.2 Å². The minimum atomic E-state index is 0.469. The number of rotatable bonds is 5. The summed E-state index contributed by atoms with van der Waals surface area (Å²) < 4.78 is 0. The van der Waals surface area contributed by atoms with Gasteiger partial charge in [0.05, 0.1) is 0 Å². The predicted molar refractivity (Wildman–Crippen MR) is 63.5 cm³/mol. The van der Waals surface area contributed by atoms with E-state index >= 15 is 0 Å². The molecule has 0 aliphatic heterocycles. The molecule has 3 heteroatoms. The molecule has 0 aliphatic carbocycles. The van der Waals surface area contributed by atoms with Gasteiger partial charge in [-0.3, -0.25) is 0 Å². The number of halogens is 2. The first-order valence-electron chi connectivity index (χ1n) is 4.76. The Morgan fingerprint density at radius 2 is 2.21 bits per heavy atom. The summed E-state index contributed by atoms with van der Waals surface area (Å²) in [6.07, 6.45) is 0. The van der Waals surface area contributed by atoms with Gasteiger partial charge in [0.2, 0.25) is 0 Å². The average Bonchev–Trinajstić information content (AvgIpc) is 2.18. The molecule has 0 aliphatic rings. The van der Waals surface area contributed by atoms with Crippen molar-refractivity contribution in [2.75, 3.05) is 19.0 Å². The highest BCUT2D eigenvalue weighted by Gasteiger charge is 2.04. The Balaban J connectivity index is 2.47. The fourth-order valence-corrected chi connectivity index (χ4v) is 1.65. The second kappa shape index (κ2) is 6.28. The molecule has 1 rings (SSSR count). The maximum absolute atomic E-state index is 5.91. The highest BCUT2D eigenvalue weighted by molar-refractivity contribution is 6.30. The van der Waals surface area contributed by atoms with Crippen molar-refractivity contribution in [3.63, 3.8) is 0 Å². The highest BCUT2D eigenvalue weighted by atomic mass is 35.5. The molecule has 0 bridgehead atoms. The van der Waals surface area contributed by atoms with Crippen molar-refractivity contribution in [1.82, 2.24) is 5.32 Å². The zero-order valence-electron chi connectivity index (χ0n) is 8.26. The van der Waals surface area contributed by atoms with Gasteiger partial charge in [0.15, 0.2) is 0 Å². The van der Waals surface area contributed by atoms with Crippen LogP contribution < -0.4 is 5.32 Å². The topological polar surface area (TPSA) is 12.0 Å². The Morgan fingerprint density at radius 3 is 2.86 bits per heavy atom. The Labute approximate surface area is 95.4 Å². The Bertz CT molecular complexity index is 276. The van der Waals surface area contributed by atoms with Crippen LogP contribution >= 0.6 is 23.2 Å². The molecule has 0 fully saturated rings. The molecular formula is C11H15Cl2N. The molecule has 0 radical (unpaired) electrons. The molecular weight excluding hydrogens is 217 g/mol. The molecule has 1 aromatic rings. The summed E-state index contributed by atoms with van der Waals surface area (Å²) in [6.45, 7) is 3.96. The van der Waals surface area contributed by atoms with Gasteiger partial charge in [0, 0.05) is 24.0 Å². The molecule has 0 heterocycles. The lowest BCUT2D eigenvalue weighted by Crippen LogP contribution is -2.22. The SMILES string of the molecule is C[C@@H](CNCCCl)c1cccc(Cl)c1. The summed E-state index contributed by atoms with van der Waals surface area (Å²) in [5.41, 5.74) is 1.26. The van der Waals surface area contributed by atoms with Gasteiger partial charge < -0.3 is 5.32 Å². The van der Waals surface area contributed by atoms with Crippen LogP contribution in [0.5, 0.6) is 0 Å². The van der Waals surface area contributed by atoms with E-state index in [0.29, 0.717) is 11.8 Å². The first kappa shape index (κ1) is 11.8. The number of benzene rings is 1. The fraction of sp³-hybridized carbons (Fsp3) is 0.455. The Morgan fingerprint density at radius 1 is 1.43 bits per heavy atom. The second-order valence-electron chi connectivity index (χ2n) is 3.35. The normalized spacial score (nSPS) is 12.8. The van der Waals surface area contributed by atoms with E-state index in [1.807, 2.05) is 18.2 Å². The average molecular weight is 232 g/mol. The fourth-order valence-electron chi connectivity index (χ4n) is 1.32. The van der Waals surface area contributed by atoms with Gasteiger partial charge in [-0.05, 0) is 23.6 Å². The minimum Gasteiger partial charge on any atom is -0.315 e. The second-order valence-corrected chi connectivity index (χ2v) is 4.16. The van der Waals surface area contributed by atoms with Crippen LogP contribution in [-0.4, -0.2) is 19.0 Å². The van der Waals surface area contributed by atoms with E-state index < -0.39 is 0 Å². The van der Waals surface area contributed by atoms with Crippen LogP contribution in [0.2, 0.25) is 5.02 Å². The first-order chi connectivity index (χ1) is 6.74. The molecule has 0 saturated carbocycles. The van der Waals surface area contributed by atoms with Crippen molar-refractivity contribution in [2.24, 2.45) is 0 Å². The van der Waals surface area contributed by atoms with Crippen LogP contribution in [0.15, 0.2) is 24.3 Å². The predicted octanol–water partition coefficient (Wildman–Crippen LogP) is 3.27. The molecule has 78 valence electrons. The van der Waals surface area contributed by atoms with Crippen LogP contribution in [-0.2, 0) is 0 Å². The van der Waals surface area contributed by atoms with Crippen molar-refractivity contribution < 1.29 is 0 Å². The molecule has 0 amide bonds. The van der Waals surface area contributed by atoms with E-state index in [2.05, 4.69) is 18.3 Å². The lowest BCUT2D eigenvalue weighted by atomic mass is 10.0. The summed E-state index contributed by atoms with van der Waals surface area (Å²) in [5, 5.41) is 4.08. The highest BCUT2D eigenvalue weighted by Crippen LogP contribution is 2.18. The molecule has 1 nitrogen and oxygen atoms in total. The quantitative estimate of drug-likeness (QED) is 0.606. The van der Waals surface area contributed by atoms with Crippen molar-refractivity contribution in [1.29, 1.82) is 0 Å². The third kappa shape index (κ3) is 3.87. The van der Waals surface area contributed by atoms with Gasteiger partial charge in [0.1, 0.15) is 0 Å². The smallest absolute Gasteiger partial charge is 0.0408 e. The molecule has 1 atom stereocenters. The Kier molecular flexibility index (Phi) is 5.31. The summed E-state index contributed by atoms with van der Waals surface area (Å²) in [6, 6.07) is 7.98. The lowest BCUT2D eigenvalue weighted by molar-refractivity contribution is 0.637. The van der Waals surface area contributed by atoms with Gasteiger partial charge in [-0.25, -0.2) is 0 Å². The van der Waals surface area contributed by atoms with Gasteiger partial charge in [-0.2, -0.15) is 0 Å². The van der Waals surface area contributed by atoms with E-state index in [4.69, 9.17) is 23.2 Å². The molecule has 1 aromatic carbocycles. The van der Waals surface area contributed by atoms with E-state index in [0.717, 1.165) is 18.1 Å². The molecule has 14 heavy (non-hydrogen) atoms. The van der Waals surface area contributed by atoms with E-state index in [-0.39, 0.29) is 0 Å². The largest absolute Gasteiger partial charge is 0.315 e. The third-order valence-electron chi connectivity index (χ3n) is 2.14. The molecule has 1 N–H and O–H groups in total. The summed E-state index contributed by atoms with van der Waals surface area (Å²) >= 11 is 11.5. The molecule has 0 unspecified atom stereocenters. The van der Waals surface area contributed by atoms with Crippen LogP contribution in [0.4, 0.5) is 0 Å². The van der Waals surface area contributed by atoms with E-state index in [1.54, 1.807) is 0 Å². The minimum absolute atomic E-state index is 0.469. The van der Waals surface area contributed by atoms with Crippen LogP contribution in [0, 0.1) is 0 Å². The van der Waals surface area contributed by atoms with Crippen LogP contribution in [0.3, 0.4) is 0 Å². The summed E-state index contributed by atoms with van der Waals surface area (Å²) in [7, 11) is 0. The van der Waals surface area contributed by atoms with Gasteiger partial charge in [0.25, 0.3) is 0 Å². The van der Waals surface area contributed by atoms with E-state index in [1.165, 1.54) is 5.56 Å². The number of hydrogen-bond acceptors (Lipinski definition) is 1. The number of alkyl halides is 1.